The smallest absolute Gasteiger partial charge is 0.354 e. The first-order chi connectivity index (χ1) is 6.45. The summed E-state index contributed by atoms with van der Waals surface area (Å²) < 4.78 is 25.0. The third kappa shape index (κ3) is 1.99. The van der Waals surface area contributed by atoms with E-state index in [9.17, 15) is 13.6 Å². The van der Waals surface area contributed by atoms with Crippen LogP contribution in [0.1, 0.15) is 28.0 Å². The van der Waals surface area contributed by atoms with Gasteiger partial charge in [-0.3, -0.25) is 0 Å². The Morgan fingerprint density at radius 3 is 2.64 bits per heavy atom. The van der Waals surface area contributed by atoms with Gasteiger partial charge < -0.3 is 5.11 Å². The van der Waals surface area contributed by atoms with Gasteiger partial charge in [-0.15, -0.1) is 0 Å². The Morgan fingerprint density at radius 2 is 2.21 bits per heavy atom. The number of halogens is 3. The number of rotatable bonds is 2. The third-order valence-corrected chi connectivity index (χ3v) is 3.14. The Morgan fingerprint density at radius 1 is 1.64 bits per heavy atom. The molecule has 0 saturated carbocycles. The van der Waals surface area contributed by atoms with Gasteiger partial charge in [-0.1, -0.05) is 0 Å². The van der Waals surface area contributed by atoms with E-state index in [0.717, 1.165) is 6.20 Å². The number of hydrogen-bond donors (Lipinski definition) is 1. The molecule has 0 atom stereocenters. The van der Waals surface area contributed by atoms with Crippen LogP contribution in [0, 0.1) is 10.5 Å². The summed E-state index contributed by atoms with van der Waals surface area (Å²) >= 11 is 1.70. The van der Waals surface area contributed by atoms with Gasteiger partial charge in [-0.05, 0) is 35.1 Å². The van der Waals surface area contributed by atoms with E-state index in [1.54, 1.807) is 22.6 Å². The normalized spacial score (nSPS) is 10.6. The number of pyridine rings is 1. The first-order valence-electron chi connectivity index (χ1n) is 3.61. The second-order valence-electron chi connectivity index (χ2n) is 2.61. The van der Waals surface area contributed by atoms with E-state index in [1.165, 1.54) is 6.92 Å². The Labute approximate surface area is 92.3 Å². The summed E-state index contributed by atoms with van der Waals surface area (Å²) in [5.41, 5.74) is -0.136. The van der Waals surface area contributed by atoms with Crippen LogP contribution >= 0.6 is 22.6 Å². The fraction of sp³-hybridized carbons (Fsp3) is 0.250. The van der Waals surface area contributed by atoms with Crippen molar-refractivity contribution < 1.29 is 18.7 Å². The van der Waals surface area contributed by atoms with Crippen molar-refractivity contribution in [2.24, 2.45) is 0 Å². The number of aromatic carboxylic acids is 1. The van der Waals surface area contributed by atoms with Gasteiger partial charge in [0, 0.05) is 15.3 Å². The first kappa shape index (κ1) is 11.3. The molecule has 3 nitrogen and oxygen atoms in total. The molecule has 0 spiro atoms. The molecule has 0 unspecified atom stereocenters. The molecule has 14 heavy (non-hydrogen) atoms. The number of aromatic nitrogens is 1. The van der Waals surface area contributed by atoms with Gasteiger partial charge in [0.1, 0.15) is 0 Å². The minimum Gasteiger partial charge on any atom is -0.477 e. The predicted octanol–water partition coefficient (Wildman–Crippen LogP) is 2.63. The highest BCUT2D eigenvalue weighted by Gasteiger charge is 2.18. The summed E-state index contributed by atoms with van der Waals surface area (Å²) in [6, 6.07) is 0. The monoisotopic (exact) mass is 313 g/mol. The molecule has 0 aliphatic carbocycles. The second-order valence-corrected chi connectivity index (χ2v) is 3.69. The maximum absolute atomic E-state index is 12.3. The van der Waals surface area contributed by atoms with Crippen LogP contribution in [-0.4, -0.2) is 16.1 Å². The number of nitrogens with zero attached hydrogens (tertiary/aromatic N) is 1. The molecule has 1 N–H and O–H groups in total. The largest absolute Gasteiger partial charge is 0.477 e. The molecule has 0 aromatic carbocycles. The lowest BCUT2D eigenvalue weighted by molar-refractivity contribution is 0.0688. The number of carboxylic acid groups (broad SMARTS) is 1. The van der Waals surface area contributed by atoms with Gasteiger partial charge in [0.2, 0.25) is 0 Å². The summed E-state index contributed by atoms with van der Waals surface area (Å²) in [7, 11) is 0. The quantitative estimate of drug-likeness (QED) is 0.854. The average Bonchev–Trinajstić information content (AvgIpc) is 2.08. The molecule has 1 aromatic rings. The van der Waals surface area contributed by atoms with Crippen LogP contribution in [0.4, 0.5) is 8.78 Å². The van der Waals surface area contributed by atoms with E-state index in [4.69, 9.17) is 5.11 Å². The van der Waals surface area contributed by atoms with Gasteiger partial charge in [0.05, 0.1) is 0 Å². The van der Waals surface area contributed by atoms with E-state index >= 15 is 0 Å². The Kier molecular flexibility index (Phi) is 3.35. The lowest BCUT2D eigenvalue weighted by Gasteiger charge is -2.07. The topological polar surface area (TPSA) is 50.2 Å². The van der Waals surface area contributed by atoms with Crippen LogP contribution in [0.3, 0.4) is 0 Å². The van der Waals surface area contributed by atoms with Crippen molar-refractivity contribution in [3.8, 4) is 0 Å². The zero-order chi connectivity index (χ0) is 10.9. The molecule has 1 rings (SSSR count). The molecule has 0 radical (unpaired) electrons. The molecule has 0 bridgehead atoms. The standard InChI is InChI=1S/C8H6F2INO2/c1-3-5(11)4(7(9)10)2-12-6(3)8(13)14/h2,7H,1H3,(H,13,14). The minimum atomic E-state index is -2.63. The molecule has 0 saturated heterocycles. The second kappa shape index (κ2) is 4.16. The number of carboxylic acids is 1. The van der Waals surface area contributed by atoms with Crippen LogP contribution in [0.25, 0.3) is 0 Å². The molecule has 0 fully saturated rings. The zero-order valence-corrected chi connectivity index (χ0v) is 9.25. The van der Waals surface area contributed by atoms with E-state index in [2.05, 4.69) is 4.98 Å². The molecule has 76 valence electrons. The van der Waals surface area contributed by atoms with E-state index in [0.29, 0.717) is 0 Å². The van der Waals surface area contributed by atoms with Crippen molar-refractivity contribution in [2.45, 2.75) is 13.3 Å². The molecule has 1 aromatic heterocycles. The molecule has 6 heteroatoms. The molecule has 0 amide bonds. The van der Waals surface area contributed by atoms with E-state index in [1.807, 2.05) is 0 Å². The van der Waals surface area contributed by atoms with Gasteiger partial charge in [-0.2, -0.15) is 0 Å². The van der Waals surface area contributed by atoms with Crippen LogP contribution in [-0.2, 0) is 0 Å². The predicted molar refractivity (Wildman–Crippen MR) is 53.6 cm³/mol. The summed E-state index contributed by atoms with van der Waals surface area (Å²) in [6.45, 7) is 1.46. The number of alkyl halides is 2. The highest BCUT2D eigenvalue weighted by atomic mass is 127. The van der Waals surface area contributed by atoms with Crippen molar-refractivity contribution in [3.63, 3.8) is 0 Å². The number of hydrogen-bond acceptors (Lipinski definition) is 2. The average molecular weight is 313 g/mol. The molecule has 0 aliphatic rings. The van der Waals surface area contributed by atoms with Crippen molar-refractivity contribution in [1.82, 2.24) is 4.98 Å². The fourth-order valence-electron chi connectivity index (χ4n) is 0.976. The maximum Gasteiger partial charge on any atom is 0.354 e. The Hall–Kier alpha value is -0.790. The SMILES string of the molecule is Cc1c(C(=O)O)ncc(C(F)F)c1I. The highest BCUT2D eigenvalue weighted by molar-refractivity contribution is 14.1. The Balaban J connectivity index is 3.33. The number of carbonyl (C=O) groups is 1. The van der Waals surface area contributed by atoms with Gasteiger partial charge in [0.25, 0.3) is 6.43 Å². The van der Waals surface area contributed by atoms with Crippen LogP contribution in [0.15, 0.2) is 6.20 Å². The lowest BCUT2D eigenvalue weighted by Crippen LogP contribution is -2.07. The third-order valence-electron chi connectivity index (χ3n) is 1.71. The van der Waals surface area contributed by atoms with Gasteiger partial charge in [-0.25, -0.2) is 18.6 Å². The minimum absolute atomic E-state index is 0.182. The molecule has 0 aliphatic heterocycles. The Bertz CT molecular complexity index is 382. The van der Waals surface area contributed by atoms with Crippen molar-refractivity contribution in [2.75, 3.05) is 0 Å². The fourth-order valence-corrected chi connectivity index (χ4v) is 1.61. The van der Waals surface area contributed by atoms with Crippen LogP contribution < -0.4 is 0 Å². The van der Waals surface area contributed by atoms with Crippen molar-refractivity contribution in [1.29, 1.82) is 0 Å². The van der Waals surface area contributed by atoms with E-state index in [-0.39, 0.29) is 20.4 Å². The lowest BCUT2D eigenvalue weighted by atomic mass is 10.1. The molecular weight excluding hydrogens is 307 g/mol. The maximum atomic E-state index is 12.3. The first-order valence-corrected chi connectivity index (χ1v) is 4.69. The van der Waals surface area contributed by atoms with Crippen molar-refractivity contribution in [3.05, 3.63) is 26.6 Å². The molecular formula is C8H6F2INO2. The molecule has 1 heterocycles. The summed E-state index contributed by atoms with van der Waals surface area (Å²) in [6.07, 6.45) is -1.72. The van der Waals surface area contributed by atoms with E-state index < -0.39 is 12.4 Å². The van der Waals surface area contributed by atoms with Crippen molar-refractivity contribution >= 4 is 28.6 Å². The van der Waals surface area contributed by atoms with Crippen LogP contribution in [0.5, 0.6) is 0 Å². The van der Waals surface area contributed by atoms with Crippen LogP contribution in [0.2, 0.25) is 0 Å². The summed E-state index contributed by atoms with van der Waals surface area (Å²) in [5.74, 6) is -1.21. The zero-order valence-electron chi connectivity index (χ0n) is 7.09. The van der Waals surface area contributed by atoms with Gasteiger partial charge >= 0.3 is 5.97 Å². The summed E-state index contributed by atoms with van der Waals surface area (Å²) in [5, 5.41) is 8.67. The highest BCUT2D eigenvalue weighted by Crippen LogP contribution is 2.27. The summed E-state index contributed by atoms with van der Waals surface area (Å²) in [4.78, 5) is 14.1. The van der Waals surface area contributed by atoms with Gasteiger partial charge in [0.15, 0.2) is 5.69 Å².